The molecular formula is C11H12O. The van der Waals surface area contributed by atoms with E-state index in [-0.39, 0.29) is 11.8 Å². The lowest BCUT2D eigenvalue weighted by molar-refractivity contribution is -0.124. The van der Waals surface area contributed by atoms with Crippen LogP contribution in [0.5, 0.6) is 0 Å². The number of carbonyl (C=O) groups excluding carboxylic acids is 1. The summed E-state index contributed by atoms with van der Waals surface area (Å²) in [6.45, 7) is 2.01. The highest BCUT2D eigenvalue weighted by atomic mass is 16.1. The van der Waals surface area contributed by atoms with Crippen molar-refractivity contribution in [1.29, 1.82) is 0 Å². The predicted octanol–water partition coefficient (Wildman–Crippen LogP) is 2.12. The average Bonchev–Trinajstić information content (AvgIpc) is 2.00. The summed E-state index contributed by atoms with van der Waals surface area (Å²) < 4.78 is 0. The second-order valence-electron chi connectivity index (χ2n) is 3.45. The van der Waals surface area contributed by atoms with Gasteiger partial charge in [0.2, 0.25) is 0 Å². The summed E-state index contributed by atoms with van der Waals surface area (Å²) in [5.74, 6) is 0.851. The molecular weight excluding hydrogens is 148 g/mol. The first-order valence-corrected chi connectivity index (χ1v) is 4.36. The number of fused-ring (bicyclic) bond motifs is 2. The Morgan fingerprint density at radius 3 is 2.67 bits per heavy atom. The Bertz CT molecular complexity index is 283. The molecule has 3 aliphatic rings. The Morgan fingerprint density at radius 1 is 1.08 bits per heavy atom. The van der Waals surface area contributed by atoms with Gasteiger partial charge in [0.25, 0.3) is 0 Å². The quantitative estimate of drug-likeness (QED) is 0.496. The molecule has 0 aliphatic heterocycles. The van der Waals surface area contributed by atoms with E-state index in [0.717, 1.165) is 0 Å². The summed E-state index contributed by atoms with van der Waals surface area (Å²) in [5, 5.41) is 0. The van der Waals surface area contributed by atoms with Crippen molar-refractivity contribution in [3.8, 4) is 0 Å². The van der Waals surface area contributed by atoms with Gasteiger partial charge in [-0.2, -0.15) is 0 Å². The number of ketones is 1. The normalized spacial score (nSPS) is 41.1. The van der Waals surface area contributed by atoms with Crippen molar-refractivity contribution in [2.24, 2.45) is 17.8 Å². The maximum absolute atomic E-state index is 11.6. The summed E-state index contributed by atoms with van der Waals surface area (Å²) in [5.41, 5.74) is 0. The first-order valence-electron chi connectivity index (χ1n) is 4.36. The second kappa shape index (κ2) is 2.74. The van der Waals surface area contributed by atoms with Crippen LogP contribution >= 0.6 is 0 Å². The fraction of sp³-hybridized carbons (Fsp3) is 0.364. The van der Waals surface area contributed by atoms with E-state index < -0.39 is 0 Å². The third-order valence-corrected chi connectivity index (χ3v) is 2.66. The minimum absolute atomic E-state index is 0.0289. The molecule has 0 aromatic heterocycles. The first-order chi connectivity index (χ1) is 5.79. The Labute approximate surface area is 72.5 Å². The fourth-order valence-electron chi connectivity index (χ4n) is 1.77. The largest absolute Gasteiger partial charge is 0.298 e. The van der Waals surface area contributed by atoms with E-state index in [0.29, 0.717) is 11.7 Å². The minimum atomic E-state index is 0.0289. The molecule has 3 rings (SSSR count). The molecule has 0 saturated carbocycles. The molecule has 0 fully saturated rings. The van der Waals surface area contributed by atoms with Crippen LogP contribution in [0.2, 0.25) is 0 Å². The van der Waals surface area contributed by atoms with Crippen molar-refractivity contribution in [1.82, 2.24) is 0 Å². The molecule has 2 bridgehead atoms. The van der Waals surface area contributed by atoms with E-state index in [1.165, 1.54) is 0 Å². The van der Waals surface area contributed by atoms with Gasteiger partial charge in [0.05, 0.1) is 5.92 Å². The monoisotopic (exact) mass is 160 g/mol. The molecule has 0 spiro atoms. The molecule has 1 heteroatoms. The molecule has 0 saturated heterocycles. The second-order valence-corrected chi connectivity index (χ2v) is 3.45. The van der Waals surface area contributed by atoms with Crippen LogP contribution in [-0.2, 0) is 4.79 Å². The third kappa shape index (κ3) is 1.06. The molecule has 1 nitrogen and oxygen atoms in total. The van der Waals surface area contributed by atoms with Crippen molar-refractivity contribution >= 4 is 5.78 Å². The molecule has 0 aromatic rings. The SMILES string of the molecule is CC1C(=O)[C@H]2C=C[C@@H]1C=C/C=C\2. The maximum Gasteiger partial charge on any atom is 0.147 e. The number of carbonyl (C=O) groups is 1. The molecule has 62 valence electrons. The number of hydrogen-bond donors (Lipinski definition) is 0. The number of hydrogen-bond acceptors (Lipinski definition) is 1. The van der Waals surface area contributed by atoms with Crippen LogP contribution in [-0.4, -0.2) is 5.78 Å². The van der Waals surface area contributed by atoms with E-state index in [2.05, 4.69) is 12.2 Å². The summed E-state index contributed by atoms with van der Waals surface area (Å²) in [6.07, 6.45) is 12.2. The van der Waals surface area contributed by atoms with Crippen LogP contribution in [0, 0.1) is 17.8 Å². The summed E-state index contributed by atoms with van der Waals surface area (Å²) >= 11 is 0. The van der Waals surface area contributed by atoms with Crippen molar-refractivity contribution in [3.05, 3.63) is 36.5 Å². The van der Waals surface area contributed by atoms with Gasteiger partial charge >= 0.3 is 0 Å². The van der Waals surface area contributed by atoms with Crippen molar-refractivity contribution < 1.29 is 4.79 Å². The van der Waals surface area contributed by atoms with E-state index in [9.17, 15) is 4.79 Å². The third-order valence-electron chi connectivity index (χ3n) is 2.66. The van der Waals surface area contributed by atoms with E-state index >= 15 is 0 Å². The maximum atomic E-state index is 11.6. The lowest BCUT2D eigenvalue weighted by Crippen LogP contribution is -2.28. The zero-order valence-corrected chi connectivity index (χ0v) is 7.10. The first kappa shape index (κ1) is 7.53. The molecule has 3 atom stereocenters. The Balaban J connectivity index is 2.43. The van der Waals surface area contributed by atoms with Gasteiger partial charge in [0.1, 0.15) is 5.78 Å². The lowest BCUT2D eigenvalue weighted by atomic mass is 9.77. The zero-order chi connectivity index (χ0) is 8.55. The molecule has 0 heterocycles. The van der Waals surface area contributed by atoms with Crippen LogP contribution in [0.3, 0.4) is 0 Å². The van der Waals surface area contributed by atoms with E-state index in [1.807, 2.05) is 31.2 Å². The summed E-state index contributed by atoms with van der Waals surface area (Å²) in [4.78, 5) is 11.6. The van der Waals surface area contributed by atoms with Gasteiger partial charge in [-0.15, -0.1) is 0 Å². The van der Waals surface area contributed by atoms with Gasteiger partial charge in [-0.3, -0.25) is 4.79 Å². The van der Waals surface area contributed by atoms with Crippen LogP contribution < -0.4 is 0 Å². The molecule has 12 heavy (non-hydrogen) atoms. The van der Waals surface area contributed by atoms with Gasteiger partial charge in [0.15, 0.2) is 0 Å². The Kier molecular flexibility index (Phi) is 1.72. The molecule has 0 N–H and O–H groups in total. The van der Waals surface area contributed by atoms with E-state index in [1.54, 1.807) is 0 Å². The van der Waals surface area contributed by atoms with Crippen molar-refractivity contribution in [2.45, 2.75) is 6.92 Å². The van der Waals surface area contributed by atoms with Gasteiger partial charge < -0.3 is 0 Å². The van der Waals surface area contributed by atoms with E-state index in [4.69, 9.17) is 0 Å². The highest BCUT2D eigenvalue weighted by Crippen LogP contribution is 2.28. The molecule has 0 radical (unpaired) electrons. The summed E-state index contributed by atoms with van der Waals surface area (Å²) in [7, 11) is 0. The lowest BCUT2D eigenvalue weighted by Gasteiger charge is -2.25. The molecule has 0 amide bonds. The minimum Gasteiger partial charge on any atom is -0.298 e. The fourth-order valence-corrected chi connectivity index (χ4v) is 1.77. The predicted molar refractivity (Wildman–Crippen MR) is 48.6 cm³/mol. The van der Waals surface area contributed by atoms with Crippen molar-refractivity contribution in [3.63, 3.8) is 0 Å². The smallest absolute Gasteiger partial charge is 0.147 e. The van der Waals surface area contributed by atoms with Gasteiger partial charge in [-0.1, -0.05) is 43.4 Å². The Morgan fingerprint density at radius 2 is 1.83 bits per heavy atom. The standard InChI is InChI=1S/C11H12O/c1-8-9-4-2-3-5-10(7-6-9)11(8)12/h2-10H,1H3/b4-2?,5-3-/t8?,9-,10+/m0/s1. The molecule has 0 aromatic carbocycles. The van der Waals surface area contributed by atoms with Crippen LogP contribution in [0.1, 0.15) is 6.92 Å². The van der Waals surface area contributed by atoms with Crippen LogP contribution in [0.15, 0.2) is 36.5 Å². The summed E-state index contributed by atoms with van der Waals surface area (Å²) in [6, 6.07) is 0. The number of Topliss-reactive ketones (excluding diaryl/α,β-unsaturated/α-hetero) is 1. The molecule has 3 aliphatic carbocycles. The van der Waals surface area contributed by atoms with Gasteiger partial charge in [0, 0.05) is 11.8 Å². The van der Waals surface area contributed by atoms with Crippen LogP contribution in [0.4, 0.5) is 0 Å². The van der Waals surface area contributed by atoms with Gasteiger partial charge in [-0.05, 0) is 0 Å². The number of allylic oxidation sites excluding steroid dienone is 6. The van der Waals surface area contributed by atoms with Gasteiger partial charge in [-0.25, -0.2) is 0 Å². The Hall–Kier alpha value is -1.11. The highest BCUT2D eigenvalue weighted by Gasteiger charge is 2.28. The topological polar surface area (TPSA) is 17.1 Å². The van der Waals surface area contributed by atoms with Crippen LogP contribution in [0.25, 0.3) is 0 Å². The zero-order valence-electron chi connectivity index (χ0n) is 7.10. The van der Waals surface area contributed by atoms with Crippen molar-refractivity contribution in [2.75, 3.05) is 0 Å². The average molecular weight is 160 g/mol. The highest BCUT2D eigenvalue weighted by molar-refractivity contribution is 5.88. The number of rotatable bonds is 0. The molecule has 1 unspecified atom stereocenters.